The van der Waals surface area contributed by atoms with E-state index in [4.69, 9.17) is 9.73 Å². The zero-order chi connectivity index (χ0) is 27.0. The molecule has 2 heterocycles. The number of anilines is 1. The van der Waals surface area contributed by atoms with Crippen LogP contribution in [0.25, 0.3) is 10.9 Å². The molecule has 0 aliphatic carbocycles. The Kier molecular flexibility index (Phi) is 9.71. The second kappa shape index (κ2) is 13.2. The maximum Gasteiger partial charge on any atom is 0.127 e. The van der Waals surface area contributed by atoms with Crippen molar-refractivity contribution >= 4 is 22.8 Å². The van der Waals surface area contributed by atoms with Crippen LogP contribution < -0.4 is 9.64 Å². The zero-order valence-electron chi connectivity index (χ0n) is 24.3. The molecule has 0 fully saturated rings. The van der Waals surface area contributed by atoms with Gasteiger partial charge < -0.3 is 14.2 Å². The minimum Gasteiger partial charge on any atom is -0.493 e. The minimum absolute atomic E-state index is 0.517. The molecule has 3 aromatic rings. The standard InChI is InChI=1S/C34H47N3O/c1-6-10-11-12-13-18-25-37-27(5)33(29-19-14-15-20-31(29)37)34(23-16-17-24-35-34)30-22-21-28(36(7-2)8-3)26-32(30)38-9-4/h14-17,19-22,24,26H,6-13,18,23,25H2,1-5H3. The van der Waals surface area contributed by atoms with Crippen molar-refractivity contribution in [3.63, 3.8) is 0 Å². The number of fused-ring (bicyclic) bond motifs is 1. The van der Waals surface area contributed by atoms with E-state index >= 15 is 0 Å². The Hall–Kier alpha value is -3.01. The van der Waals surface area contributed by atoms with Gasteiger partial charge in [0.25, 0.3) is 0 Å². The van der Waals surface area contributed by atoms with Gasteiger partial charge in [-0.1, -0.05) is 69.4 Å². The van der Waals surface area contributed by atoms with Crippen LogP contribution in [0, 0.1) is 6.92 Å². The second-order valence-electron chi connectivity index (χ2n) is 10.5. The van der Waals surface area contributed by atoms with Gasteiger partial charge in [-0.2, -0.15) is 0 Å². The lowest BCUT2D eigenvalue weighted by Crippen LogP contribution is -2.29. The molecule has 1 aliphatic heterocycles. The number of ether oxygens (including phenoxy) is 1. The van der Waals surface area contributed by atoms with Crippen molar-refractivity contribution < 1.29 is 4.74 Å². The van der Waals surface area contributed by atoms with Crippen LogP contribution in [0.1, 0.15) is 89.5 Å². The quantitative estimate of drug-likeness (QED) is 0.202. The van der Waals surface area contributed by atoms with E-state index in [-0.39, 0.29) is 0 Å². The maximum atomic E-state index is 6.36. The highest BCUT2D eigenvalue weighted by Gasteiger charge is 2.40. The van der Waals surface area contributed by atoms with E-state index in [1.54, 1.807) is 0 Å². The van der Waals surface area contributed by atoms with Crippen molar-refractivity contribution in [2.75, 3.05) is 24.6 Å². The van der Waals surface area contributed by atoms with Gasteiger partial charge in [0.1, 0.15) is 11.3 Å². The Balaban J connectivity index is 1.83. The van der Waals surface area contributed by atoms with Gasteiger partial charge in [-0.25, -0.2) is 0 Å². The summed E-state index contributed by atoms with van der Waals surface area (Å²) in [6, 6.07) is 15.7. The van der Waals surface area contributed by atoms with E-state index < -0.39 is 5.54 Å². The van der Waals surface area contributed by atoms with Crippen LogP contribution in [-0.4, -0.2) is 30.5 Å². The molecule has 1 unspecified atom stereocenters. The number of aromatic nitrogens is 1. The predicted octanol–water partition coefficient (Wildman–Crippen LogP) is 8.83. The Bertz CT molecular complexity index is 1250. The SMILES string of the molecule is CCCCCCCCn1c(C)c(C2(c3ccc(N(CC)CC)cc3OCC)CC=CC=N2)c2ccccc21. The van der Waals surface area contributed by atoms with E-state index in [1.807, 2.05) is 6.21 Å². The van der Waals surface area contributed by atoms with Crippen molar-refractivity contribution in [1.82, 2.24) is 4.57 Å². The summed E-state index contributed by atoms with van der Waals surface area (Å²) >= 11 is 0. The van der Waals surface area contributed by atoms with Gasteiger partial charge in [-0.15, -0.1) is 0 Å². The highest BCUT2D eigenvalue weighted by atomic mass is 16.5. The summed E-state index contributed by atoms with van der Waals surface area (Å²) in [5.74, 6) is 0.941. The molecule has 1 aromatic heterocycles. The van der Waals surface area contributed by atoms with Crippen molar-refractivity contribution in [3.05, 3.63) is 71.4 Å². The number of unbranched alkanes of at least 4 members (excludes halogenated alkanes) is 5. The summed E-state index contributed by atoms with van der Waals surface area (Å²) in [5.41, 5.74) is 5.79. The number of aliphatic imine (C=N–C) groups is 1. The predicted molar refractivity (Wildman–Crippen MR) is 164 cm³/mol. The first-order valence-electron chi connectivity index (χ1n) is 14.9. The summed E-state index contributed by atoms with van der Waals surface area (Å²) in [6.45, 7) is 14.7. The van der Waals surface area contributed by atoms with Crippen molar-refractivity contribution in [2.24, 2.45) is 4.99 Å². The van der Waals surface area contributed by atoms with Crippen LogP contribution in [-0.2, 0) is 12.1 Å². The van der Waals surface area contributed by atoms with Crippen LogP contribution in [0.3, 0.4) is 0 Å². The normalized spacial score (nSPS) is 16.9. The number of allylic oxidation sites excluding steroid dienone is 1. The van der Waals surface area contributed by atoms with Crippen LogP contribution in [0.4, 0.5) is 5.69 Å². The molecule has 0 spiro atoms. The molecule has 0 bridgehead atoms. The first-order chi connectivity index (χ1) is 18.6. The molecule has 0 amide bonds. The molecular formula is C34H47N3O. The van der Waals surface area contributed by atoms with Crippen molar-refractivity contribution in [2.45, 2.75) is 91.6 Å². The summed E-state index contributed by atoms with van der Waals surface area (Å²) in [5, 5.41) is 1.30. The lowest BCUT2D eigenvalue weighted by atomic mass is 9.77. The minimum atomic E-state index is -0.517. The van der Waals surface area contributed by atoms with Gasteiger partial charge in [0.15, 0.2) is 0 Å². The number of hydrogen-bond acceptors (Lipinski definition) is 3. The van der Waals surface area contributed by atoms with Gasteiger partial charge in [0.05, 0.1) is 6.61 Å². The molecule has 2 aromatic carbocycles. The van der Waals surface area contributed by atoms with Crippen molar-refractivity contribution in [3.8, 4) is 5.75 Å². The van der Waals surface area contributed by atoms with Gasteiger partial charge in [-0.05, 0) is 58.7 Å². The number of hydrogen-bond donors (Lipinski definition) is 0. The van der Waals surface area contributed by atoms with Gasteiger partial charge in [0, 0.05) is 65.3 Å². The Labute approximate surface area is 230 Å². The number of benzene rings is 2. The molecule has 1 atom stereocenters. The fourth-order valence-corrected chi connectivity index (χ4v) is 6.21. The third kappa shape index (κ3) is 5.55. The van der Waals surface area contributed by atoms with E-state index in [0.717, 1.165) is 37.4 Å². The van der Waals surface area contributed by atoms with E-state index in [1.165, 1.54) is 66.4 Å². The Morgan fingerprint density at radius 2 is 1.71 bits per heavy atom. The smallest absolute Gasteiger partial charge is 0.127 e. The Morgan fingerprint density at radius 3 is 2.42 bits per heavy atom. The number of aryl methyl sites for hydroxylation is 1. The Morgan fingerprint density at radius 1 is 0.947 bits per heavy atom. The summed E-state index contributed by atoms with van der Waals surface area (Å²) in [7, 11) is 0. The molecule has 0 saturated heterocycles. The first-order valence-corrected chi connectivity index (χ1v) is 14.9. The van der Waals surface area contributed by atoms with Gasteiger partial charge in [0.2, 0.25) is 0 Å². The molecule has 1 aliphatic rings. The molecule has 4 nitrogen and oxygen atoms in total. The second-order valence-corrected chi connectivity index (χ2v) is 10.5. The molecule has 4 rings (SSSR count). The average molecular weight is 514 g/mol. The number of nitrogens with zero attached hydrogens (tertiary/aromatic N) is 3. The van der Waals surface area contributed by atoms with E-state index in [9.17, 15) is 0 Å². The summed E-state index contributed by atoms with van der Waals surface area (Å²) in [4.78, 5) is 7.67. The lowest BCUT2D eigenvalue weighted by Gasteiger charge is -2.34. The zero-order valence-corrected chi connectivity index (χ0v) is 24.3. The fraction of sp³-hybridized carbons (Fsp3) is 0.500. The highest BCUT2D eigenvalue weighted by Crippen LogP contribution is 2.48. The summed E-state index contributed by atoms with van der Waals surface area (Å²) < 4.78 is 8.90. The van der Waals surface area contributed by atoms with Gasteiger partial charge in [-0.3, -0.25) is 4.99 Å². The molecule has 0 saturated carbocycles. The van der Waals surface area contributed by atoms with Crippen LogP contribution >= 0.6 is 0 Å². The lowest BCUT2D eigenvalue weighted by molar-refractivity contribution is 0.329. The molecule has 0 N–H and O–H groups in total. The largest absolute Gasteiger partial charge is 0.493 e. The number of para-hydroxylation sites is 1. The number of dihydropyridines is 1. The highest BCUT2D eigenvalue weighted by molar-refractivity contribution is 5.89. The molecule has 0 radical (unpaired) electrons. The van der Waals surface area contributed by atoms with E-state index in [0.29, 0.717) is 6.61 Å². The van der Waals surface area contributed by atoms with Crippen molar-refractivity contribution in [1.29, 1.82) is 0 Å². The topological polar surface area (TPSA) is 29.8 Å². The van der Waals surface area contributed by atoms with E-state index in [2.05, 4.69) is 98.7 Å². The third-order valence-corrected chi connectivity index (χ3v) is 8.15. The van der Waals surface area contributed by atoms with Crippen LogP contribution in [0.15, 0.2) is 59.6 Å². The molecular weight excluding hydrogens is 466 g/mol. The average Bonchev–Trinajstić information content (AvgIpc) is 3.23. The van der Waals surface area contributed by atoms with Crippen LogP contribution in [0.2, 0.25) is 0 Å². The maximum absolute atomic E-state index is 6.36. The summed E-state index contributed by atoms with van der Waals surface area (Å²) in [6.07, 6.45) is 15.0. The third-order valence-electron chi connectivity index (χ3n) is 8.15. The molecule has 38 heavy (non-hydrogen) atoms. The monoisotopic (exact) mass is 513 g/mol. The first kappa shape index (κ1) is 28.0. The van der Waals surface area contributed by atoms with Crippen LogP contribution in [0.5, 0.6) is 5.75 Å². The fourth-order valence-electron chi connectivity index (χ4n) is 6.21. The van der Waals surface area contributed by atoms with Gasteiger partial charge >= 0.3 is 0 Å². The number of rotatable bonds is 14. The molecule has 4 heteroatoms. The molecule has 204 valence electrons.